The van der Waals surface area contributed by atoms with E-state index in [1.165, 1.54) is 31.3 Å². The number of ether oxygens (including phenoxy) is 1. The first-order valence-electron chi connectivity index (χ1n) is 14.7. The van der Waals surface area contributed by atoms with Crippen LogP contribution in [0.1, 0.15) is 118 Å². The number of fused-ring (bicyclic) bond motifs is 5. The van der Waals surface area contributed by atoms with E-state index >= 15 is 0 Å². The Morgan fingerprint density at radius 1 is 1.11 bits per heavy atom. The number of esters is 1. The van der Waals surface area contributed by atoms with Crippen molar-refractivity contribution in [2.24, 2.45) is 40.4 Å². The fraction of sp³-hybridized carbons (Fsp3) is 0.871. The Morgan fingerprint density at radius 3 is 2.56 bits per heavy atom. The zero-order valence-corrected chi connectivity index (χ0v) is 23.4. The highest BCUT2D eigenvalue weighted by atomic mass is 16.5. The molecule has 4 rings (SSSR count). The van der Waals surface area contributed by atoms with Crippen molar-refractivity contribution in [2.45, 2.75) is 130 Å². The van der Waals surface area contributed by atoms with Gasteiger partial charge in [-0.1, -0.05) is 52.2 Å². The molecule has 2 N–H and O–H groups in total. The quantitative estimate of drug-likeness (QED) is 0.264. The molecule has 5 nitrogen and oxygen atoms in total. The maximum absolute atomic E-state index is 12.1. The van der Waals surface area contributed by atoms with Gasteiger partial charge in [0.2, 0.25) is 0 Å². The summed E-state index contributed by atoms with van der Waals surface area (Å²) < 4.78 is 5.68. The average Bonchev–Trinajstić information content (AvgIpc) is 3.16. The van der Waals surface area contributed by atoms with Crippen LogP contribution in [0.3, 0.4) is 0 Å². The molecule has 0 saturated heterocycles. The lowest BCUT2D eigenvalue weighted by molar-refractivity contribution is -0.154. The van der Waals surface area contributed by atoms with Crippen LogP contribution >= 0.6 is 0 Å². The average molecular weight is 503 g/mol. The minimum atomic E-state index is -0.959. The second-order valence-electron chi connectivity index (χ2n) is 13.8. The van der Waals surface area contributed by atoms with Gasteiger partial charge in [0, 0.05) is 6.42 Å². The molecule has 3 fully saturated rings. The normalized spacial score (nSPS) is 39.4. The van der Waals surface area contributed by atoms with Crippen molar-refractivity contribution >= 4 is 11.9 Å². The Bertz CT molecular complexity index is 859. The first-order chi connectivity index (χ1) is 16.9. The summed E-state index contributed by atoms with van der Waals surface area (Å²) >= 11 is 0. The molecule has 4 aliphatic rings. The van der Waals surface area contributed by atoms with E-state index < -0.39 is 11.6 Å². The molecule has 0 aromatic rings. The zero-order chi connectivity index (χ0) is 26.3. The maximum atomic E-state index is 12.1. The fourth-order valence-electron chi connectivity index (χ4n) is 9.25. The first kappa shape index (κ1) is 27.7. The molecule has 4 aliphatic carbocycles. The van der Waals surface area contributed by atoms with Crippen molar-refractivity contribution in [2.75, 3.05) is 0 Å². The lowest BCUT2D eigenvalue weighted by Crippen LogP contribution is -2.53. The summed E-state index contributed by atoms with van der Waals surface area (Å²) in [6.45, 7) is 11.6. The van der Waals surface area contributed by atoms with Crippen LogP contribution in [0.15, 0.2) is 11.6 Å². The van der Waals surface area contributed by atoms with Crippen LogP contribution in [0, 0.1) is 40.4 Å². The van der Waals surface area contributed by atoms with Gasteiger partial charge in [-0.05, 0) is 98.7 Å². The number of carboxylic acid groups (broad SMARTS) is 1. The summed E-state index contributed by atoms with van der Waals surface area (Å²) in [7, 11) is 0. The predicted octanol–water partition coefficient (Wildman–Crippen LogP) is 6.92. The Kier molecular flexibility index (Phi) is 8.01. The molecule has 36 heavy (non-hydrogen) atoms. The summed E-state index contributed by atoms with van der Waals surface area (Å²) in [5.74, 6) is 1.77. The van der Waals surface area contributed by atoms with E-state index in [0.717, 1.165) is 44.9 Å². The topological polar surface area (TPSA) is 83.8 Å². The lowest BCUT2D eigenvalue weighted by Gasteiger charge is -2.59. The van der Waals surface area contributed by atoms with Gasteiger partial charge in [0.15, 0.2) is 0 Å². The third-order valence-corrected chi connectivity index (χ3v) is 11.1. The molecular formula is C31H50O5. The van der Waals surface area contributed by atoms with Crippen LogP contribution in [0.25, 0.3) is 0 Å². The van der Waals surface area contributed by atoms with Gasteiger partial charge in [-0.2, -0.15) is 0 Å². The maximum Gasteiger partial charge on any atom is 0.306 e. The van der Waals surface area contributed by atoms with Gasteiger partial charge in [0.1, 0.15) is 6.10 Å². The van der Waals surface area contributed by atoms with Gasteiger partial charge in [0.25, 0.3) is 0 Å². The van der Waals surface area contributed by atoms with E-state index in [1.807, 2.05) is 0 Å². The van der Waals surface area contributed by atoms with E-state index in [-0.39, 0.29) is 35.7 Å². The zero-order valence-electron chi connectivity index (χ0n) is 23.4. The highest BCUT2D eigenvalue weighted by Gasteiger charge is 2.61. The first-order valence-corrected chi connectivity index (χ1v) is 14.7. The van der Waals surface area contributed by atoms with Gasteiger partial charge in [-0.15, -0.1) is 0 Å². The summed E-state index contributed by atoms with van der Waals surface area (Å²) in [5, 5.41) is 20.5. The summed E-state index contributed by atoms with van der Waals surface area (Å²) in [6.07, 6.45) is 14.0. The molecule has 0 bridgehead atoms. The van der Waals surface area contributed by atoms with E-state index in [4.69, 9.17) is 9.84 Å². The van der Waals surface area contributed by atoms with Crippen molar-refractivity contribution in [1.29, 1.82) is 0 Å². The standard InChI is InChI=1S/C31H50O5/c1-20(2)7-6-16-31(5,35)26-11-10-24-23-9-8-21-19-22(36-28(34)13-12-27(32)33)14-17-29(21,3)25(23)15-18-30(24,26)4/h8,20,22-26,35H,6-7,9-19H2,1-5H3,(H,32,33)/t22-,23-,24-,25-,26-,29-,30-,31?/m0/s1. The van der Waals surface area contributed by atoms with Gasteiger partial charge < -0.3 is 14.9 Å². The summed E-state index contributed by atoms with van der Waals surface area (Å²) in [5.41, 5.74) is 1.28. The number of hydrogen-bond donors (Lipinski definition) is 2. The van der Waals surface area contributed by atoms with Gasteiger partial charge >= 0.3 is 11.9 Å². The molecule has 3 saturated carbocycles. The van der Waals surface area contributed by atoms with Crippen LogP contribution in [0.2, 0.25) is 0 Å². The second kappa shape index (κ2) is 10.4. The number of rotatable bonds is 9. The minimum Gasteiger partial charge on any atom is -0.481 e. The fourth-order valence-corrected chi connectivity index (χ4v) is 9.25. The third kappa shape index (κ3) is 5.28. The highest BCUT2D eigenvalue weighted by molar-refractivity contribution is 5.76. The van der Waals surface area contributed by atoms with E-state index in [9.17, 15) is 14.7 Å². The number of aliphatic hydroxyl groups is 1. The SMILES string of the molecule is CC(C)CCCC(C)(O)[C@H]1CC[C@H]2[C@@H]3CC=C4C[C@@H](OC(=O)CCC(=O)O)CC[C@]4(C)[C@H]3CC[C@]12C. The Hall–Kier alpha value is -1.36. The number of allylic oxidation sites excluding steroid dienone is 1. The lowest BCUT2D eigenvalue weighted by atomic mass is 9.46. The smallest absolute Gasteiger partial charge is 0.306 e. The molecular weight excluding hydrogens is 452 g/mol. The number of carboxylic acids is 1. The Morgan fingerprint density at radius 2 is 1.86 bits per heavy atom. The number of aliphatic carboxylic acids is 1. The summed E-state index contributed by atoms with van der Waals surface area (Å²) in [4.78, 5) is 22.9. The van der Waals surface area contributed by atoms with Gasteiger partial charge in [0.05, 0.1) is 18.4 Å². The largest absolute Gasteiger partial charge is 0.481 e. The molecule has 0 heterocycles. The van der Waals surface area contributed by atoms with Crippen molar-refractivity contribution < 1.29 is 24.5 Å². The minimum absolute atomic E-state index is 0.0461. The molecule has 0 aromatic carbocycles. The Labute approximate surface area is 218 Å². The molecule has 5 heteroatoms. The van der Waals surface area contributed by atoms with Crippen molar-refractivity contribution in [1.82, 2.24) is 0 Å². The molecule has 0 amide bonds. The third-order valence-electron chi connectivity index (χ3n) is 11.1. The molecule has 0 aliphatic heterocycles. The molecule has 0 radical (unpaired) electrons. The predicted molar refractivity (Wildman–Crippen MR) is 141 cm³/mol. The van der Waals surface area contributed by atoms with Crippen molar-refractivity contribution in [3.05, 3.63) is 11.6 Å². The molecule has 1 unspecified atom stereocenters. The van der Waals surface area contributed by atoms with Crippen LogP contribution in [-0.2, 0) is 14.3 Å². The van der Waals surface area contributed by atoms with Crippen LogP contribution < -0.4 is 0 Å². The molecule has 204 valence electrons. The van der Waals surface area contributed by atoms with Crippen LogP contribution in [0.5, 0.6) is 0 Å². The molecule has 0 aromatic heterocycles. The monoisotopic (exact) mass is 502 g/mol. The van der Waals surface area contributed by atoms with Gasteiger partial charge in [-0.25, -0.2) is 0 Å². The number of carbonyl (C=O) groups is 2. The van der Waals surface area contributed by atoms with E-state index in [0.29, 0.717) is 29.6 Å². The molecule has 8 atom stereocenters. The number of hydrogen-bond acceptors (Lipinski definition) is 4. The van der Waals surface area contributed by atoms with Crippen molar-refractivity contribution in [3.63, 3.8) is 0 Å². The number of carbonyl (C=O) groups excluding carboxylic acids is 1. The van der Waals surface area contributed by atoms with E-state index in [1.54, 1.807) is 0 Å². The van der Waals surface area contributed by atoms with Crippen LogP contribution in [-0.4, -0.2) is 33.9 Å². The Balaban J connectivity index is 1.43. The molecule has 0 spiro atoms. The van der Waals surface area contributed by atoms with Crippen LogP contribution in [0.4, 0.5) is 0 Å². The summed E-state index contributed by atoms with van der Waals surface area (Å²) in [6, 6.07) is 0. The van der Waals surface area contributed by atoms with Gasteiger partial charge in [-0.3, -0.25) is 9.59 Å². The van der Waals surface area contributed by atoms with E-state index in [2.05, 4.69) is 40.7 Å². The van der Waals surface area contributed by atoms with Crippen molar-refractivity contribution in [3.8, 4) is 0 Å². The second-order valence-corrected chi connectivity index (χ2v) is 13.8. The highest BCUT2D eigenvalue weighted by Crippen LogP contribution is 2.67.